The van der Waals surface area contributed by atoms with Gasteiger partial charge in [0.15, 0.2) is 5.78 Å². The van der Waals surface area contributed by atoms with Crippen molar-refractivity contribution in [3.05, 3.63) is 34.0 Å². The van der Waals surface area contributed by atoms with E-state index in [0.717, 1.165) is 12.8 Å². The molecule has 1 aromatic rings. The number of allylic oxidation sites excluding steroid dienone is 2. The summed E-state index contributed by atoms with van der Waals surface area (Å²) < 4.78 is 0. The van der Waals surface area contributed by atoms with Gasteiger partial charge in [-0.25, -0.2) is 0 Å². The van der Waals surface area contributed by atoms with E-state index in [1.54, 1.807) is 11.3 Å². The summed E-state index contributed by atoms with van der Waals surface area (Å²) in [6.07, 6.45) is 4.54. The zero-order valence-electron chi connectivity index (χ0n) is 9.25. The second-order valence-electron chi connectivity index (χ2n) is 5.10. The molecule has 0 aliphatic heterocycles. The van der Waals surface area contributed by atoms with Crippen molar-refractivity contribution in [3.8, 4) is 0 Å². The monoisotopic (exact) mass is 220 g/mol. The lowest BCUT2D eigenvalue weighted by Gasteiger charge is -2.28. The number of hydrogen-bond acceptors (Lipinski definition) is 2. The van der Waals surface area contributed by atoms with Gasteiger partial charge in [0, 0.05) is 6.42 Å². The third-order valence-corrected chi connectivity index (χ3v) is 3.47. The standard InChI is InChI=1S/C13H16OS/c1-13(2)7-11(6-12(14)8-13)5-10-3-4-15-9-10/h3-4,6,9H,5,7-8H2,1-2H3. The fourth-order valence-corrected chi connectivity index (χ4v) is 2.92. The van der Waals surface area contributed by atoms with Crippen LogP contribution in [-0.4, -0.2) is 5.78 Å². The molecule has 80 valence electrons. The van der Waals surface area contributed by atoms with Gasteiger partial charge in [0.1, 0.15) is 0 Å². The molecular weight excluding hydrogens is 204 g/mol. The molecule has 2 rings (SSSR count). The normalized spacial score (nSPS) is 20.1. The zero-order chi connectivity index (χ0) is 10.9. The average Bonchev–Trinajstić information content (AvgIpc) is 2.52. The maximum atomic E-state index is 11.5. The van der Waals surface area contributed by atoms with Crippen LogP contribution in [0.1, 0.15) is 32.3 Å². The largest absolute Gasteiger partial charge is 0.295 e. The van der Waals surface area contributed by atoms with E-state index in [1.807, 2.05) is 6.08 Å². The van der Waals surface area contributed by atoms with E-state index in [9.17, 15) is 4.79 Å². The highest BCUT2D eigenvalue weighted by Gasteiger charge is 2.27. The van der Waals surface area contributed by atoms with Crippen LogP contribution in [0.25, 0.3) is 0 Å². The summed E-state index contributed by atoms with van der Waals surface area (Å²) in [5.41, 5.74) is 2.77. The molecule has 0 N–H and O–H groups in total. The number of hydrogen-bond donors (Lipinski definition) is 0. The van der Waals surface area contributed by atoms with Crippen LogP contribution < -0.4 is 0 Å². The van der Waals surface area contributed by atoms with Crippen LogP contribution in [-0.2, 0) is 11.2 Å². The SMILES string of the molecule is CC1(C)CC(=O)C=C(Cc2ccsc2)C1. The molecular formula is C13H16OS. The van der Waals surface area contributed by atoms with Crippen molar-refractivity contribution in [2.45, 2.75) is 33.1 Å². The Bertz CT molecular complexity index is 385. The first-order valence-electron chi connectivity index (χ1n) is 5.28. The Morgan fingerprint density at radius 2 is 2.20 bits per heavy atom. The second-order valence-corrected chi connectivity index (χ2v) is 5.88. The molecule has 1 nitrogen and oxygen atoms in total. The number of thiophene rings is 1. The molecule has 0 saturated heterocycles. The first-order chi connectivity index (χ1) is 7.05. The summed E-state index contributed by atoms with van der Waals surface area (Å²) >= 11 is 1.72. The molecule has 1 aliphatic carbocycles. The summed E-state index contributed by atoms with van der Waals surface area (Å²) in [4.78, 5) is 11.5. The van der Waals surface area contributed by atoms with Crippen LogP contribution in [0.2, 0.25) is 0 Å². The topological polar surface area (TPSA) is 17.1 Å². The molecule has 1 heterocycles. The van der Waals surface area contributed by atoms with E-state index in [-0.39, 0.29) is 11.2 Å². The average molecular weight is 220 g/mol. The summed E-state index contributed by atoms with van der Waals surface area (Å²) in [7, 11) is 0. The Kier molecular flexibility index (Phi) is 2.79. The van der Waals surface area contributed by atoms with Crippen molar-refractivity contribution in [2.24, 2.45) is 5.41 Å². The molecule has 0 bridgehead atoms. The van der Waals surface area contributed by atoms with E-state index in [1.165, 1.54) is 11.1 Å². The molecule has 0 amide bonds. The van der Waals surface area contributed by atoms with E-state index < -0.39 is 0 Å². The highest BCUT2D eigenvalue weighted by molar-refractivity contribution is 7.07. The van der Waals surface area contributed by atoms with Crippen LogP contribution in [0.15, 0.2) is 28.5 Å². The maximum Gasteiger partial charge on any atom is 0.156 e. The fourth-order valence-electron chi connectivity index (χ4n) is 2.25. The molecule has 0 fully saturated rings. The molecule has 0 saturated carbocycles. The van der Waals surface area contributed by atoms with Gasteiger partial charge in [-0.05, 0) is 46.7 Å². The zero-order valence-corrected chi connectivity index (χ0v) is 10.1. The van der Waals surface area contributed by atoms with E-state index in [4.69, 9.17) is 0 Å². The summed E-state index contributed by atoms with van der Waals surface area (Å²) in [6.45, 7) is 4.34. The third-order valence-electron chi connectivity index (χ3n) is 2.73. The van der Waals surface area contributed by atoms with Gasteiger partial charge in [0.25, 0.3) is 0 Å². The lowest BCUT2D eigenvalue weighted by molar-refractivity contribution is -0.117. The van der Waals surface area contributed by atoms with Gasteiger partial charge in [0.05, 0.1) is 0 Å². The van der Waals surface area contributed by atoms with Crippen molar-refractivity contribution < 1.29 is 4.79 Å². The summed E-state index contributed by atoms with van der Waals surface area (Å²) in [5, 5.41) is 4.25. The van der Waals surface area contributed by atoms with Crippen molar-refractivity contribution in [3.63, 3.8) is 0 Å². The van der Waals surface area contributed by atoms with Crippen LogP contribution in [0.4, 0.5) is 0 Å². The fraction of sp³-hybridized carbons (Fsp3) is 0.462. The Morgan fingerprint density at radius 3 is 2.80 bits per heavy atom. The second kappa shape index (κ2) is 3.93. The predicted octanol–water partition coefficient (Wildman–Crippen LogP) is 3.61. The minimum absolute atomic E-state index is 0.150. The maximum absolute atomic E-state index is 11.5. The minimum atomic E-state index is 0.150. The number of carbonyl (C=O) groups is 1. The van der Waals surface area contributed by atoms with Crippen molar-refractivity contribution >= 4 is 17.1 Å². The first kappa shape index (κ1) is 10.6. The Labute approximate surface area is 94.8 Å². The van der Waals surface area contributed by atoms with Crippen molar-refractivity contribution in [1.29, 1.82) is 0 Å². The van der Waals surface area contributed by atoms with Gasteiger partial charge >= 0.3 is 0 Å². The first-order valence-corrected chi connectivity index (χ1v) is 6.23. The Morgan fingerprint density at radius 1 is 1.40 bits per heavy atom. The van der Waals surface area contributed by atoms with E-state index >= 15 is 0 Å². The highest BCUT2D eigenvalue weighted by atomic mass is 32.1. The van der Waals surface area contributed by atoms with Crippen LogP contribution in [0.3, 0.4) is 0 Å². The molecule has 0 spiro atoms. The lowest BCUT2D eigenvalue weighted by Crippen LogP contribution is -2.22. The molecule has 15 heavy (non-hydrogen) atoms. The van der Waals surface area contributed by atoms with Crippen LogP contribution in [0, 0.1) is 5.41 Å². The molecule has 1 aromatic heterocycles. The van der Waals surface area contributed by atoms with E-state index in [2.05, 4.69) is 30.7 Å². The van der Waals surface area contributed by atoms with Gasteiger partial charge < -0.3 is 0 Å². The molecule has 0 unspecified atom stereocenters. The van der Waals surface area contributed by atoms with Gasteiger partial charge in [0.2, 0.25) is 0 Å². The van der Waals surface area contributed by atoms with E-state index in [0.29, 0.717) is 6.42 Å². The van der Waals surface area contributed by atoms with Gasteiger partial charge in [-0.2, -0.15) is 11.3 Å². The van der Waals surface area contributed by atoms with Gasteiger partial charge in [-0.3, -0.25) is 4.79 Å². The smallest absolute Gasteiger partial charge is 0.156 e. The third kappa shape index (κ3) is 2.78. The summed E-state index contributed by atoms with van der Waals surface area (Å²) in [5.74, 6) is 0.288. The number of carbonyl (C=O) groups excluding carboxylic acids is 1. The van der Waals surface area contributed by atoms with Crippen LogP contribution in [0.5, 0.6) is 0 Å². The predicted molar refractivity (Wildman–Crippen MR) is 64.1 cm³/mol. The van der Waals surface area contributed by atoms with Crippen LogP contribution >= 0.6 is 11.3 Å². The summed E-state index contributed by atoms with van der Waals surface area (Å²) in [6, 6.07) is 2.14. The van der Waals surface area contributed by atoms with Gasteiger partial charge in [-0.1, -0.05) is 19.4 Å². The lowest BCUT2D eigenvalue weighted by atomic mass is 9.76. The molecule has 0 atom stereocenters. The number of ketones is 1. The molecule has 1 aliphatic rings. The quantitative estimate of drug-likeness (QED) is 0.744. The minimum Gasteiger partial charge on any atom is -0.295 e. The van der Waals surface area contributed by atoms with Crippen molar-refractivity contribution in [1.82, 2.24) is 0 Å². The number of rotatable bonds is 2. The Balaban J connectivity index is 2.13. The Hall–Kier alpha value is -0.890. The molecule has 0 aromatic carbocycles. The molecule has 0 radical (unpaired) electrons. The van der Waals surface area contributed by atoms with Crippen molar-refractivity contribution in [2.75, 3.05) is 0 Å². The molecule has 2 heteroatoms. The van der Waals surface area contributed by atoms with Gasteiger partial charge in [-0.15, -0.1) is 0 Å². The highest BCUT2D eigenvalue weighted by Crippen LogP contribution is 2.34.